The first-order chi connectivity index (χ1) is 15.8. The number of para-hydroxylation sites is 1. The summed E-state index contributed by atoms with van der Waals surface area (Å²) in [5, 5.41) is 4.21. The van der Waals surface area contributed by atoms with Gasteiger partial charge in [0.05, 0.1) is 0 Å². The first kappa shape index (κ1) is 18.2. The smallest absolute Gasteiger partial charge is 0.220 e. The summed E-state index contributed by atoms with van der Waals surface area (Å²) in [5.74, 6) is 3.67. The van der Waals surface area contributed by atoms with Crippen molar-refractivity contribution in [1.29, 1.82) is 0 Å². The molecule has 0 aliphatic carbocycles. The van der Waals surface area contributed by atoms with Crippen molar-refractivity contribution in [3.63, 3.8) is 0 Å². The standard InChI is InChI=1S/C26H18N4O2/c1-2-8-21(9-3-1)29-17-15-27-26(29)24-11-10-22(31-24)19-6-4-7-20(18-19)23-12-13-25(32-23)30-16-5-14-28-30/h1-18H. The van der Waals surface area contributed by atoms with Gasteiger partial charge in [0.25, 0.3) is 0 Å². The second-order valence-electron chi connectivity index (χ2n) is 7.29. The second-order valence-corrected chi connectivity index (χ2v) is 7.29. The van der Waals surface area contributed by atoms with Gasteiger partial charge in [-0.25, -0.2) is 9.67 Å². The van der Waals surface area contributed by atoms with Gasteiger partial charge in [0.2, 0.25) is 5.88 Å². The Hall–Kier alpha value is -4.58. The van der Waals surface area contributed by atoms with Crippen molar-refractivity contribution in [3.05, 3.63) is 110 Å². The molecular weight excluding hydrogens is 400 g/mol. The van der Waals surface area contributed by atoms with E-state index in [1.54, 1.807) is 17.1 Å². The molecule has 4 heterocycles. The lowest BCUT2D eigenvalue weighted by Crippen LogP contribution is -1.94. The molecule has 0 aliphatic heterocycles. The molecule has 0 saturated heterocycles. The highest BCUT2D eigenvalue weighted by Crippen LogP contribution is 2.32. The van der Waals surface area contributed by atoms with Gasteiger partial charge in [-0.15, -0.1) is 0 Å². The molecule has 0 atom stereocenters. The number of aromatic nitrogens is 4. The maximum Gasteiger partial charge on any atom is 0.220 e. The largest absolute Gasteiger partial charge is 0.453 e. The minimum atomic E-state index is 0.670. The number of rotatable bonds is 5. The van der Waals surface area contributed by atoms with E-state index < -0.39 is 0 Å². The lowest BCUT2D eigenvalue weighted by Gasteiger charge is -2.06. The molecule has 6 nitrogen and oxygen atoms in total. The van der Waals surface area contributed by atoms with Crippen LogP contribution in [0, 0.1) is 0 Å². The quantitative estimate of drug-likeness (QED) is 0.332. The van der Waals surface area contributed by atoms with Crippen LogP contribution in [-0.2, 0) is 0 Å². The zero-order valence-electron chi connectivity index (χ0n) is 17.0. The van der Waals surface area contributed by atoms with Crippen LogP contribution in [0.25, 0.3) is 45.8 Å². The predicted molar refractivity (Wildman–Crippen MR) is 122 cm³/mol. The van der Waals surface area contributed by atoms with Crippen LogP contribution in [0.1, 0.15) is 0 Å². The molecule has 0 saturated carbocycles. The van der Waals surface area contributed by atoms with Crippen LogP contribution >= 0.6 is 0 Å². The fourth-order valence-corrected chi connectivity index (χ4v) is 3.73. The van der Waals surface area contributed by atoms with Gasteiger partial charge in [-0.3, -0.25) is 4.57 Å². The molecule has 0 amide bonds. The molecule has 0 bridgehead atoms. The topological polar surface area (TPSA) is 61.9 Å². The Morgan fingerprint density at radius 1 is 0.625 bits per heavy atom. The molecule has 0 fully saturated rings. The summed E-state index contributed by atoms with van der Waals surface area (Å²) in [7, 11) is 0. The zero-order valence-corrected chi connectivity index (χ0v) is 17.0. The van der Waals surface area contributed by atoms with Crippen molar-refractivity contribution < 1.29 is 8.83 Å². The summed E-state index contributed by atoms with van der Waals surface area (Å²) < 4.78 is 15.9. The highest BCUT2D eigenvalue weighted by molar-refractivity contribution is 5.70. The second kappa shape index (κ2) is 7.59. The molecular formula is C26H18N4O2. The van der Waals surface area contributed by atoms with Gasteiger partial charge < -0.3 is 8.83 Å². The third-order valence-corrected chi connectivity index (χ3v) is 5.26. The lowest BCUT2D eigenvalue weighted by atomic mass is 10.1. The summed E-state index contributed by atoms with van der Waals surface area (Å²) in [6.45, 7) is 0. The number of hydrogen-bond donors (Lipinski definition) is 0. The van der Waals surface area contributed by atoms with E-state index in [9.17, 15) is 0 Å². The minimum absolute atomic E-state index is 0.670. The predicted octanol–water partition coefficient (Wildman–Crippen LogP) is 6.25. The summed E-state index contributed by atoms with van der Waals surface area (Å²) in [6.07, 6.45) is 7.28. The van der Waals surface area contributed by atoms with Crippen molar-refractivity contribution in [2.45, 2.75) is 0 Å². The van der Waals surface area contributed by atoms with Gasteiger partial charge in [-0.2, -0.15) is 5.10 Å². The zero-order chi connectivity index (χ0) is 21.3. The van der Waals surface area contributed by atoms with Gasteiger partial charge in [0, 0.05) is 47.7 Å². The van der Waals surface area contributed by atoms with Gasteiger partial charge in [0.15, 0.2) is 11.6 Å². The lowest BCUT2D eigenvalue weighted by molar-refractivity contribution is 0.534. The Bertz CT molecular complexity index is 1470. The van der Waals surface area contributed by atoms with Crippen LogP contribution in [0.2, 0.25) is 0 Å². The van der Waals surface area contributed by atoms with Crippen LogP contribution in [0.3, 0.4) is 0 Å². The van der Waals surface area contributed by atoms with Crippen LogP contribution in [0.5, 0.6) is 0 Å². The Kier molecular flexibility index (Phi) is 4.32. The summed E-state index contributed by atoms with van der Waals surface area (Å²) in [4.78, 5) is 4.51. The monoisotopic (exact) mass is 418 g/mol. The SMILES string of the molecule is c1ccc(-n2ccnc2-c2ccc(-c3cccc(-c4ccc(-n5cccn5)o4)c3)o2)cc1. The van der Waals surface area contributed by atoms with Gasteiger partial charge in [0.1, 0.15) is 11.5 Å². The number of imidazole rings is 1. The Morgan fingerprint density at radius 2 is 1.41 bits per heavy atom. The molecule has 2 aromatic carbocycles. The number of benzene rings is 2. The van der Waals surface area contributed by atoms with Crippen LogP contribution in [0.15, 0.2) is 119 Å². The number of nitrogens with zero attached hydrogens (tertiary/aromatic N) is 4. The number of hydrogen-bond acceptors (Lipinski definition) is 4. The maximum absolute atomic E-state index is 6.20. The van der Waals surface area contributed by atoms with Gasteiger partial charge >= 0.3 is 0 Å². The van der Waals surface area contributed by atoms with Crippen LogP contribution < -0.4 is 0 Å². The minimum Gasteiger partial charge on any atom is -0.453 e. The third-order valence-electron chi connectivity index (χ3n) is 5.26. The molecule has 32 heavy (non-hydrogen) atoms. The van der Waals surface area contributed by atoms with E-state index in [0.717, 1.165) is 34.2 Å². The average molecular weight is 418 g/mol. The molecule has 0 aliphatic rings. The molecule has 6 heteroatoms. The summed E-state index contributed by atoms with van der Waals surface area (Å²) in [5.41, 5.74) is 2.96. The molecule has 6 aromatic rings. The Balaban J connectivity index is 1.32. The van der Waals surface area contributed by atoms with E-state index in [1.165, 1.54) is 0 Å². The van der Waals surface area contributed by atoms with Crippen molar-refractivity contribution in [3.8, 4) is 45.8 Å². The van der Waals surface area contributed by atoms with Crippen molar-refractivity contribution >= 4 is 0 Å². The number of furan rings is 2. The maximum atomic E-state index is 6.20. The van der Waals surface area contributed by atoms with Crippen molar-refractivity contribution in [2.24, 2.45) is 0 Å². The first-order valence-electron chi connectivity index (χ1n) is 10.2. The summed E-state index contributed by atoms with van der Waals surface area (Å²) in [6, 6.07) is 27.8. The van der Waals surface area contributed by atoms with E-state index in [2.05, 4.69) is 16.1 Å². The molecule has 0 unspecified atom stereocenters. The molecule has 4 aromatic heterocycles. The Morgan fingerprint density at radius 3 is 2.22 bits per heavy atom. The van der Waals surface area contributed by atoms with E-state index in [1.807, 2.05) is 95.8 Å². The van der Waals surface area contributed by atoms with Crippen molar-refractivity contribution in [2.75, 3.05) is 0 Å². The van der Waals surface area contributed by atoms with Crippen LogP contribution in [0.4, 0.5) is 0 Å². The van der Waals surface area contributed by atoms with Crippen LogP contribution in [-0.4, -0.2) is 19.3 Å². The Labute approximate surface area is 184 Å². The fraction of sp³-hybridized carbons (Fsp3) is 0. The molecule has 0 spiro atoms. The molecule has 6 rings (SSSR count). The molecule has 0 radical (unpaired) electrons. The van der Waals surface area contributed by atoms with E-state index >= 15 is 0 Å². The average Bonchev–Trinajstić information content (AvgIpc) is 3.65. The van der Waals surface area contributed by atoms with E-state index in [0.29, 0.717) is 11.6 Å². The molecule has 0 N–H and O–H groups in total. The molecule has 154 valence electrons. The van der Waals surface area contributed by atoms with E-state index in [4.69, 9.17) is 8.83 Å². The highest BCUT2D eigenvalue weighted by atomic mass is 16.4. The van der Waals surface area contributed by atoms with E-state index in [-0.39, 0.29) is 0 Å². The van der Waals surface area contributed by atoms with Crippen molar-refractivity contribution in [1.82, 2.24) is 19.3 Å². The first-order valence-corrected chi connectivity index (χ1v) is 10.2. The highest BCUT2D eigenvalue weighted by Gasteiger charge is 2.14. The third kappa shape index (κ3) is 3.24. The fourth-order valence-electron chi connectivity index (χ4n) is 3.73. The van der Waals surface area contributed by atoms with Gasteiger partial charge in [-0.05, 0) is 42.5 Å². The summed E-state index contributed by atoms with van der Waals surface area (Å²) >= 11 is 0. The normalized spacial score (nSPS) is 11.1. The van der Waals surface area contributed by atoms with Gasteiger partial charge in [-0.1, -0.05) is 36.4 Å².